The topological polar surface area (TPSA) is 99.6 Å². The van der Waals surface area contributed by atoms with E-state index in [1.165, 1.54) is 31.0 Å². The molecule has 0 saturated carbocycles. The molecular formula is C13H15N3O4. The molecule has 3 N–H and O–H groups in total. The molecule has 1 aromatic carbocycles. The summed E-state index contributed by atoms with van der Waals surface area (Å²) in [6, 6.07) is 4.63. The Morgan fingerprint density at radius 2 is 1.90 bits per heavy atom. The summed E-state index contributed by atoms with van der Waals surface area (Å²) < 4.78 is 11.8. The third-order valence-electron chi connectivity index (χ3n) is 2.94. The standard InChI is InChI=1S/C13H15N3O4/c1-16-12(14)5-9(15-16)7-4-8(13(17)18)11(20-3)6-10(7)19-2/h4-6H,14H2,1-3H3,(H,17,18). The van der Waals surface area contributed by atoms with Crippen LogP contribution in [0.4, 0.5) is 5.82 Å². The molecule has 0 radical (unpaired) electrons. The van der Waals surface area contributed by atoms with Gasteiger partial charge in [-0.15, -0.1) is 0 Å². The van der Waals surface area contributed by atoms with Crippen molar-refractivity contribution in [3.05, 3.63) is 23.8 Å². The van der Waals surface area contributed by atoms with Gasteiger partial charge >= 0.3 is 5.97 Å². The maximum Gasteiger partial charge on any atom is 0.339 e. The number of rotatable bonds is 4. The van der Waals surface area contributed by atoms with Crippen LogP contribution in [0.25, 0.3) is 11.3 Å². The second-order valence-corrected chi connectivity index (χ2v) is 4.14. The lowest BCUT2D eigenvalue weighted by Gasteiger charge is -2.11. The number of methoxy groups -OCH3 is 2. The summed E-state index contributed by atoms with van der Waals surface area (Å²) >= 11 is 0. The van der Waals surface area contributed by atoms with Crippen LogP contribution in [0.2, 0.25) is 0 Å². The second kappa shape index (κ2) is 5.12. The van der Waals surface area contributed by atoms with Crippen molar-refractivity contribution in [3.63, 3.8) is 0 Å². The van der Waals surface area contributed by atoms with Crippen LogP contribution in [0.3, 0.4) is 0 Å². The van der Waals surface area contributed by atoms with E-state index in [0.29, 0.717) is 22.8 Å². The first-order chi connectivity index (χ1) is 9.47. The van der Waals surface area contributed by atoms with Gasteiger partial charge in [0.1, 0.15) is 22.9 Å². The van der Waals surface area contributed by atoms with Gasteiger partial charge in [-0.2, -0.15) is 5.10 Å². The monoisotopic (exact) mass is 277 g/mol. The molecule has 0 aliphatic rings. The molecule has 0 atom stereocenters. The summed E-state index contributed by atoms with van der Waals surface area (Å²) in [5.41, 5.74) is 6.85. The zero-order valence-corrected chi connectivity index (χ0v) is 11.4. The van der Waals surface area contributed by atoms with Crippen molar-refractivity contribution in [3.8, 4) is 22.8 Å². The van der Waals surface area contributed by atoms with Crippen molar-refractivity contribution in [1.82, 2.24) is 9.78 Å². The molecule has 1 aromatic heterocycles. The molecule has 0 bridgehead atoms. The fourth-order valence-electron chi connectivity index (χ4n) is 1.88. The Morgan fingerprint density at radius 1 is 1.25 bits per heavy atom. The number of aromatic nitrogens is 2. The van der Waals surface area contributed by atoms with Crippen molar-refractivity contribution in [2.75, 3.05) is 20.0 Å². The molecule has 0 aliphatic carbocycles. The van der Waals surface area contributed by atoms with Crippen LogP contribution in [0, 0.1) is 0 Å². The Bertz CT molecular complexity index is 644. The van der Waals surface area contributed by atoms with E-state index in [4.69, 9.17) is 15.2 Å². The molecule has 106 valence electrons. The lowest BCUT2D eigenvalue weighted by Crippen LogP contribution is -2.02. The van der Waals surface area contributed by atoms with Gasteiger partial charge in [-0.1, -0.05) is 0 Å². The Balaban J connectivity index is 2.67. The molecule has 2 rings (SSSR count). The molecule has 0 unspecified atom stereocenters. The van der Waals surface area contributed by atoms with Gasteiger partial charge in [-0.3, -0.25) is 4.68 Å². The second-order valence-electron chi connectivity index (χ2n) is 4.14. The van der Waals surface area contributed by atoms with Crippen LogP contribution in [0.1, 0.15) is 10.4 Å². The summed E-state index contributed by atoms with van der Waals surface area (Å²) in [5, 5.41) is 13.4. The van der Waals surface area contributed by atoms with E-state index in [2.05, 4.69) is 5.10 Å². The van der Waals surface area contributed by atoms with E-state index in [1.807, 2.05) is 0 Å². The van der Waals surface area contributed by atoms with Crippen molar-refractivity contribution in [2.45, 2.75) is 0 Å². The molecule has 1 heterocycles. The number of ether oxygens (including phenoxy) is 2. The lowest BCUT2D eigenvalue weighted by molar-refractivity contribution is 0.0693. The number of hydrogen-bond acceptors (Lipinski definition) is 5. The smallest absolute Gasteiger partial charge is 0.339 e. The average Bonchev–Trinajstić information content (AvgIpc) is 2.76. The van der Waals surface area contributed by atoms with Crippen LogP contribution in [-0.2, 0) is 7.05 Å². The predicted molar refractivity (Wildman–Crippen MR) is 73.1 cm³/mol. The van der Waals surface area contributed by atoms with Crippen LogP contribution >= 0.6 is 0 Å². The average molecular weight is 277 g/mol. The summed E-state index contributed by atoms with van der Waals surface area (Å²) in [6.07, 6.45) is 0. The highest BCUT2D eigenvalue weighted by Crippen LogP contribution is 2.36. The number of nitrogens with zero attached hydrogens (tertiary/aromatic N) is 2. The fraction of sp³-hybridized carbons (Fsp3) is 0.231. The molecule has 0 saturated heterocycles. The maximum absolute atomic E-state index is 11.3. The summed E-state index contributed by atoms with van der Waals surface area (Å²) in [6.45, 7) is 0. The number of benzene rings is 1. The summed E-state index contributed by atoms with van der Waals surface area (Å²) in [4.78, 5) is 11.3. The van der Waals surface area contributed by atoms with Gasteiger partial charge in [-0.25, -0.2) is 4.79 Å². The van der Waals surface area contributed by atoms with E-state index in [1.54, 1.807) is 13.1 Å². The SMILES string of the molecule is COc1cc(OC)c(-c2cc(N)n(C)n2)cc1C(=O)O. The van der Waals surface area contributed by atoms with E-state index in [0.717, 1.165) is 0 Å². The highest BCUT2D eigenvalue weighted by atomic mass is 16.5. The van der Waals surface area contributed by atoms with Crippen LogP contribution in [0.5, 0.6) is 11.5 Å². The predicted octanol–water partition coefficient (Wildman–Crippen LogP) is 1.38. The normalized spacial score (nSPS) is 10.3. The first kappa shape index (κ1) is 13.7. The van der Waals surface area contributed by atoms with E-state index >= 15 is 0 Å². The molecule has 7 nitrogen and oxygen atoms in total. The number of carbonyl (C=O) groups is 1. The quantitative estimate of drug-likeness (QED) is 0.876. The first-order valence-corrected chi connectivity index (χ1v) is 5.77. The largest absolute Gasteiger partial charge is 0.496 e. The molecule has 0 aliphatic heterocycles. The summed E-state index contributed by atoms with van der Waals surface area (Å²) in [7, 11) is 4.59. The van der Waals surface area contributed by atoms with Gasteiger partial charge < -0.3 is 20.3 Å². The minimum absolute atomic E-state index is 0.0347. The number of nitrogens with two attached hydrogens (primary N) is 1. The minimum Gasteiger partial charge on any atom is -0.496 e. The maximum atomic E-state index is 11.3. The zero-order valence-electron chi connectivity index (χ0n) is 11.4. The van der Waals surface area contributed by atoms with E-state index < -0.39 is 5.97 Å². The zero-order chi connectivity index (χ0) is 14.9. The Kier molecular flexibility index (Phi) is 3.51. The van der Waals surface area contributed by atoms with Crippen molar-refractivity contribution < 1.29 is 19.4 Å². The van der Waals surface area contributed by atoms with Crippen molar-refractivity contribution in [1.29, 1.82) is 0 Å². The number of nitrogen functional groups attached to an aromatic ring is 1. The van der Waals surface area contributed by atoms with Gasteiger partial charge in [0.25, 0.3) is 0 Å². The van der Waals surface area contributed by atoms with Gasteiger partial charge in [0.2, 0.25) is 0 Å². The van der Waals surface area contributed by atoms with Gasteiger partial charge in [-0.05, 0) is 6.07 Å². The van der Waals surface area contributed by atoms with Gasteiger partial charge in [0.15, 0.2) is 0 Å². The molecular weight excluding hydrogens is 262 g/mol. The molecule has 20 heavy (non-hydrogen) atoms. The number of anilines is 1. The molecule has 0 spiro atoms. The number of carboxylic acid groups (broad SMARTS) is 1. The van der Waals surface area contributed by atoms with Crippen LogP contribution < -0.4 is 15.2 Å². The molecule has 2 aromatic rings. The van der Waals surface area contributed by atoms with Gasteiger partial charge in [0.05, 0.1) is 19.9 Å². The Morgan fingerprint density at radius 3 is 2.35 bits per heavy atom. The molecule has 7 heteroatoms. The first-order valence-electron chi connectivity index (χ1n) is 5.77. The van der Waals surface area contributed by atoms with Crippen molar-refractivity contribution in [2.24, 2.45) is 7.05 Å². The van der Waals surface area contributed by atoms with Gasteiger partial charge in [0, 0.05) is 24.7 Å². The Labute approximate surface area is 115 Å². The minimum atomic E-state index is -1.09. The third-order valence-corrected chi connectivity index (χ3v) is 2.94. The number of aryl methyl sites for hydroxylation is 1. The molecule has 0 amide bonds. The lowest BCUT2D eigenvalue weighted by atomic mass is 10.1. The van der Waals surface area contributed by atoms with E-state index in [-0.39, 0.29) is 11.3 Å². The van der Waals surface area contributed by atoms with E-state index in [9.17, 15) is 9.90 Å². The molecule has 0 fully saturated rings. The summed E-state index contributed by atoms with van der Waals surface area (Å²) in [5.74, 6) is 0.0661. The van der Waals surface area contributed by atoms with Crippen LogP contribution in [-0.4, -0.2) is 35.1 Å². The number of hydrogen-bond donors (Lipinski definition) is 2. The van der Waals surface area contributed by atoms with Crippen molar-refractivity contribution >= 4 is 11.8 Å². The number of aromatic carboxylic acids is 1. The Hall–Kier alpha value is -2.70. The highest BCUT2D eigenvalue weighted by Gasteiger charge is 2.19. The third kappa shape index (κ3) is 2.25. The van der Waals surface area contributed by atoms with Crippen LogP contribution in [0.15, 0.2) is 18.2 Å². The fourth-order valence-corrected chi connectivity index (χ4v) is 1.88. The highest BCUT2D eigenvalue weighted by molar-refractivity contribution is 5.93. The number of carboxylic acids is 1.